The molecule has 0 spiro atoms. The van der Waals surface area contributed by atoms with Crippen LogP contribution in [0.3, 0.4) is 0 Å². The van der Waals surface area contributed by atoms with Gasteiger partial charge in [-0.1, -0.05) is 0 Å². The van der Waals surface area contributed by atoms with Crippen molar-refractivity contribution in [3.8, 4) is 0 Å². The Morgan fingerprint density at radius 2 is 1.62 bits per heavy atom. The van der Waals surface area contributed by atoms with Crippen molar-refractivity contribution in [2.75, 3.05) is 10.6 Å². The van der Waals surface area contributed by atoms with E-state index in [1.165, 1.54) is 51.2 Å². The molecule has 24 heavy (non-hydrogen) atoms. The molecule has 0 atom stereocenters. The maximum absolute atomic E-state index is 13.7. The number of anilines is 2. The average molecular weight is 330 g/mol. The van der Waals surface area contributed by atoms with E-state index in [1.54, 1.807) is 6.07 Å². The van der Waals surface area contributed by atoms with Gasteiger partial charge in [-0.15, -0.1) is 0 Å². The molecule has 0 saturated heterocycles. The summed E-state index contributed by atoms with van der Waals surface area (Å²) in [5.41, 5.74) is 0.643. The molecule has 0 radical (unpaired) electrons. The van der Waals surface area contributed by atoms with E-state index in [-0.39, 0.29) is 23.4 Å². The molecular formula is C19H23FN2O2. The van der Waals surface area contributed by atoms with Gasteiger partial charge < -0.3 is 10.6 Å². The van der Waals surface area contributed by atoms with Crippen LogP contribution < -0.4 is 10.6 Å². The Kier molecular flexibility index (Phi) is 3.82. The van der Waals surface area contributed by atoms with Crippen molar-refractivity contribution in [2.24, 2.45) is 29.6 Å². The van der Waals surface area contributed by atoms with Gasteiger partial charge in [0.15, 0.2) is 0 Å². The van der Waals surface area contributed by atoms with Crippen LogP contribution in [0.25, 0.3) is 0 Å². The van der Waals surface area contributed by atoms with E-state index in [4.69, 9.17) is 0 Å². The number of rotatable bonds is 3. The minimum absolute atomic E-state index is 0.0594. The van der Waals surface area contributed by atoms with Crippen molar-refractivity contribution in [2.45, 2.75) is 39.0 Å². The highest BCUT2D eigenvalue weighted by Gasteiger charge is 2.50. The van der Waals surface area contributed by atoms with E-state index in [2.05, 4.69) is 10.6 Å². The summed E-state index contributed by atoms with van der Waals surface area (Å²) in [5.74, 6) is 1.99. The fraction of sp³-hybridized carbons (Fsp3) is 0.579. The summed E-state index contributed by atoms with van der Waals surface area (Å²) in [7, 11) is 0. The standard InChI is InChI=1S/C19H23FN2O2/c1-10(23)21-17-9-15(2-3-16(17)20)22-19(24)18-13-5-11-4-12(7-13)8-14(18)6-11/h2-3,9,11-14,18H,4-8H2,1H3,(H,21,23)(H,22,24). The van der Waals surface area contributed by atoms with Gasteiger partial charge in [0.2, 0.25) is 11.8 Å². The van der Waals surface area contributed by atoms with E-state index in [1.807, 2.05) is 0 Å². The summed E-state index contributed by atoms with van der Waals surface area (Å²) >= 11 is 0. The van der Waals surface area contributed by atoms with E-state index in [0.29, 0.717) is 17.5 Å². The monoisotopic (exact) mass is 330 g/mol. The third kappa shape index (κ3) is 2.80. The second-order valence-corrected chi connectivity index (χ2v) is 7.82. The third-order valence-electron chi connectivity index (χ3n) is 6.07. The smallest absolute Gasteiger partial charge is 0.228 e. The molecule has 0 heterocycles. The number of amides is 2. The van der Waals surface area contributed by atoms with Crippen molar-refractivity contribution < 1.29 is 14.0 Å². The first-order valence-corrected chi connectivity index (χ1v) is 8.87. The van der Waals surface area contributed by atoms with Gasteiger partial charge in [-0.05, 0) is 74.0 Å². The minimum Gasteiger partial charge on any atom is -0.326 e. The molecule has 128 valence electrons. The topological polar surface area (TPSA) is 58.2 Å². The van der Waals surface area contributed by atoms with Crippen LogP contribution >= 0.6 is 0 Å². The molecule has 4 bridgehead atoms. The molecule has 2 amide bonds. The first kappa shape index (κ1) is 15.6. The Hall–Kier alpha value is -1.91. The van der Waals surface area contributed by atoms with Gasteiger partial charge >= 0.3 is 0 Å². The van der Waals surface area contributed by atoms with E-state index >= 15 is 0 Å². The first-order chi connectivity index (χ1) is 11.5. The minimum atomic E-state index is -0.502. The molecule has 4 aliphatic carbocycles. The highest BCUT2D eigenvalue weighted by Crippen LogP contribution is 2.56. The zero-order valence-corrected chi connectivity index (χ0v) is 13.8. The van der Waals surface area contributed by atoms with Crippen LogP contribution in [0.15, 0.2) is 18.2 Å². The molecule has 4 nitrogen and oxygen atoms in total. The first-order valence-electron chi connectivity index (χ1n) is 8.87. The van der Waals surface area contributed by atoms with Crippen LogP contribution in [0.2, 0.25) is 0 Å². The number of hydrogen-bond acceptors (Lipinski definition) is 2. The molecule has 1 aromatic rings. The number of nitrogens with one attached hydrogen (secondary N) is 2. The van der Waals surface area contributed by atoms with Gasteiger partial charge in [0.05, 0.1) is 5.69 Å². The molecule has 0 unspecified atom stereocenters. The van der Waals surface area contributed by atoms with Gasteiger partial charge in [0.1, 0.15) is 5.82 Å². The van der Waals surface area contributed by atoms with Crippen molar-refractivity contribution in [3.05, 3.63) is 24.0 Å². The largest absolute Gasteiger partial charge is 0.326 e. The molecule has 5 heteroatoms. The fourth-order valence-electron chi connectivity index (χ4n) is 5.47. The lowest BCUT2D eigenvalue weighted by Crippen LogP contribution is -2.49. The molecule has 2 N–H and O–H groups in total. The molecule has 4 fully saturated rings. The zero-order valence-electron chi connectivity index (χ0n) is 13.8. The Balaban J connectivity index is 1.49. The van der Waals surface area contributed by atoms with Crippen LogP contribution in [-0.2, 0) is 9.59 Å². The lowest BCUT2D eigenvalue weighted by Gasteiger charge is -2.53. The van der Waals surface area contributed by atoms with Crippen molar-refractivity contribution in [1.29, 1.82) is 0 Å². The molecular weight excluding hydrogens is 307 g/mol. The van der Waals surface area contributed by atoms with Crippen LogP contribution in [-0.4, -0.2) is 11.8 Å². The molecule has 0 aromatic heterocycles. The molecule has 5 rings (SSSR count). The summed E-state index contributed by atoms with van der Waals surface area (Å²) < 4.78 is 13.7. The van der Waals surface area contributed by atoms with E-state index in [9.17, 15) is 14.0 Å². The summed E-state index contributed by atoms with van der Waals surface area (Å²) in [5, 5.41) is 5.41. The molecule has 0 aliphatic heterocycles. The number of hydrogen-bond donors (Lipinski definition) is 2. The van der Waals surface area contributed by atoms with Gasteiger partial charge in [-0.25, -0.2) is 4.39 Å². The van der Waals surface area contributed by atoms with Crippen LogP contribution in [0.1, 0.15) is 39.0 Å². The number of benzene rings is 1. The average Bonchev–Trinajstić information content (AvgIpc) is 2.49. The highest BCUT2D eigenvalue weighted by molar-refractivity contribution is 5.95. The zero-order chi connectivity index (χ0) is 16.8. The highest BCUT2D eigenvalue weighted by atomic mass is 19.1. The maximum Gasteiger partial charge on any atom is 0.228 e. The predicted octanol–water partition coefficient (Wildman–Crippen LogP) is 3.79. The van der Waals surface area contributed by atoms with Gasteiger partial charge in [-0.2, -0.15) is 0 Å². The van der Waals surface area contributed by atoms with Crippen molar-refractivity contribution in [1.82, 2.24) is 0 Å². The van der Waals surface area contributed by atoms with Crippen LogP contribution in [0.4, 0.5) is 15.8 Å². The van der Waals surface area contributed by atoms with Crippen molar-refractivity contribution >= 4 is 23.2 Å². The third-order valence-corrected chi connectivity index (χ3v) is 6.07. The lowest BCUT2D eigenvalue weighted by molar-refractivity contribution is -0.132. The SMILES string of the molecule is CC(=O)Nc1cc(NC(=O)C2C3CC4CC(C3)CC2C4)ccc1F. The second kappa shape index (κ2) is 5.87. The number of carbonyl (C=O) groups is 2. The normalized spacial score (nSPS) is 33.3. The Labute approximate surface area is 141 Å². The fourth-order valence-corrected chi connectivity index (χ4v) is 5.47. The number of carbonyl (C=O) groups excluding carboxylic acids is 2. The summed E-state index contributed by atoms with van der Waals surface area (Å²) in [4.78, 5) is 24.0. The lowest BCUT2D eigenvalue weighted by atomic mass is 9.51. The van der Waals surface area contributed by atoms with Crippen LogP contribution in [0.5, 0.6) is 0 Å². The van der Waals surface area contributed by atoms with Gasteiger partial charge in [-0.3, -0.25) is 9.59 Å². The van der Waals surface area contributed by atoms with Crippen molar-refractivity contribution in [3.63, 3.8) is 0 Å². The Morgan fingerprint density at radius 1 is 1.00 bits per heavy atom. The van der Waals surface area contributed by atoms with Gasteiger partial charge in [0, 0.05) is 18.5 Å². The van der Waals surface area contributed by atoms with Gasteiger partial charge in [0.25, 0.3) is 0 Å². The quantitative estimate of drug-likeness (QED) is 0.886. The summed E-state index contributed by atoms with van der Waals surface area (Å²) in [6, 6.07) is 4.32. The maximum atomic E-state index is 13.7. The molecule has 4 aliphatic rings. The Morgan fingerprint density at radius 3 is 2.21 bits per heavy atom. The summed E-state index contributed by atoms with van der Waals surface area (Å²) in [6.45, 7) is 1.33. The Bertz CT molecular complexity index is 660. The van der Waals surface area contributed by atoms with Crippen LogP contribution in [0, 0.1) is 35.4 Å². The molecule has 1 aromatic carbocycles. The van der Waals surface area contributed by atoms with E-state index < -0.39 is 5.82 Å². The second-order valence-electron chi connectivity index (χ2n) is 7.82. The number of halogens is 1. The summed E-state index contributed by atoms with van der Waals surface area (Å²) in [6.07, 6.45) is 6.11. The predicted molar refractivity (Wildman–Crippen MR) is 89.9 cm³/mol. The van der Waals surface area contributed by atoms with E-state index in [0.717, 1.165) is 11.8 Å². The molecule has 4 saturated carbocycles.